The lowest BCUT2D eigenvalue weighted by Crippen LogP contribution is -2.32. The van der Waals surface area contributed by atoms with Gasteiger partial charge in [0.2, 0.25) is 0 Å². The third-order valence-corrected chi connectivity index (χ3v) is 4.25. The molecule has 2 aromatic rings. The van der Waals surface area contributed by atoms with E-state index in [-0.39, 0.29) is 6.10 Å². The van der Waals surface area contributed by atoms with Crippen molar-refractivity contribution < 1.29 is 9.53 Å². The fourth-order valence-corrected chi connectivity index (χ4v) is 3.05. The molecule has 6 heteroatoms. The van der Waals surface area contributed by atoms with E-state index in [1.165, 1.54) is 0 Å². The molecule has 1 amide bonds. The second kappa shape index (κ2) is 6.73. The number of benzene rings is 1. The maximum Gasteiger partial charge on any atom is 0.404 e. The lowest BCUT2D eigenvalue weighted by molar-refractivity contribution is 0.0806. The van der Waals surface area contributed by atoms with Gasteiger partial charge in [-0.15, -0.1) is 0 Å². The van der Waals surface area contributed by atoms with Gasteiger partial charge in [-0.1, -0.05) is 12.1 Å². The highest BCUT2D eigenvalue weighted by Crippen LogP contribution is 2.26. The number of carbonyl (C=O) groups excluding carboxylic acids is 1. The van der Waals surface area contributed by atoms with Crippen LogP contribution in [-0.4, -0.2) is 28.0 Å². The molecular weight excluding hydrogens is 292 g/mol. The number of rotatable bonds is 4. The molecular formula is C17H22N4O2. The van der Waals surface area contributed by atoms with Crippen LogP contribution in [0, 0.1) is 0 Å². The molecule has 122 valence electrons. The standard InChI is InChI=1S/C17H22N4O2/c1-21-11-13(10-19-21)12-2-4-14(5-3-12)20-15-6-8-16(9-7-15)23-17(18)22/h2-5,10-11,15-16,20H,6-9H2,1H3,(H2,18,22). The van der Waals surface area contributed by atoms with Crippen LogP contribution in [0.2, 0.25) is 0 Å². The first-order chi connectivity index (χ1) is 11.1. The predicted molar refractivity (Wildman–Crippen MR) is 89.0 cm³/mol. The van der Waals surface area contributed by atoms with Crippen LogP contribution in [0.1, 0.15) is 25.7 Å². The summed E-state index contributed by atoms with van der Waals surface area (Å²) in [5.74, 6) is 0. The van der Waals surface area contributed by atoms with Crippen LogP contribution in [0.4, 0.5) is 10.5 Å². The zero-order valence-electron chi connectivity index (χ0n) is 13.2. The molecule has 1 saturated carbocycles. The van der Waals surface area contributed by atoms with Crippen LogP contribution >= 0.6 is 0 Å². The van der Waals surface area contributed by atoms with Crippen LogP contribution in [0.3, 0.4) is 0 Å². The molecule has 0 bridgehead atoms. The van der Waals surface area contributed by atoms with Gasteiger partial charge in [-0.3, -0.25) is 4.68 Å². The number of nitrogens with two attached hydrogens (primary N) is 1. The average molecular weight is 314 g/mol. The molecule has 3 rings (SSSR count). The molecule has 1 aromatic carbocycles. The summed E-state index contributed by atoms with van der Waals surface area (Å²) < 4.78 is 6.86. The summed E-state index contributed by atoms with van der Waals surface area (Å²) in [6, 6.07) is 8.79. The highest BCUT2D eigenvalue weighted by atomic mass is 16.6. The van der Waals surface area contributed by atoms with Crippen LogP contribution in [0.5, 0.6) is 0 Å². The molecule has 0 atom stereocenters. The van der Waals surface area contributed by atoms with Crippen molar-refractivity contribution in [1.29, 1.82) is 0 Å². The van der Waals surface area contributed by atoms with Crippen LogP contribution in [0.25, 0.3) is 11.1 Å². The summed E-state index contributed by atoms with van der Waals surface area (Å²) in [6.07, 6.45) is 6.82. The van der Waals surface area contributed by atoms with E-state index >= 15 is 0 Å². The SMILES string of the molecule is Cn1cc(-c2ccc(NC3CCC(OC(N)=O)CC3)cc2)cn1. The van der Waals surface area contributed by atoms with E-state index in [9.17, 15) is 4.79 Å². The van der Waals surface area contributed by atoms with Crippen molar-refractivity contribution in [2.45, 2.75) is 37.8 Å². The third kappa shape index (κ3) is 4.03. The molecule has 1 fully saturated rings. The zero-order chi connectivity index (χ0) is 16.2. The van der Waals surface area contributed by atoms with Crippen molar-refractivity contribution in [2.24, 2.45) is 12.8 Å². The van der Waals surface area contributed by atoms with E-state index in [2.05, 4.69) is 34.7 Å². The Balaban J connectivity index is 1.54. The van der Waals surface area contributed by atoms with E-state index in [0.717, 1.165) is 42.5 Å². The number of hydrogen-bond acceptors (Lipinski definition) is 4. The number of amides is 1. The second-order valence-corrected chi connectivity index (χ2v) is 6.03. The van der Waals surface area contributed by atoms with Crippen LogP contribution in [0.15, 0.2) is 36.7 Å². The number of carbonyl (C=O) groups is 1. The van der Waals surface area contributed by atoms with Gasteiger partial charge in [-0.05, 0) is 43.4 Å². The van der Waals surface area contributed by atoms with E-state index in [1.54, 1.807) is 4.68 Å². The van der Waals surface area contributed by atoms with Gasteiger partial charge in [-0.2, -0.15) is 5.10 Å². The highest BCUT2D eigenvalue weighted by molar-refractivity contribution is 5.65. The third-order valence-electron chi connectivity index (χ3n) is 4.25. The molecule has 0 saturated heterocycles. The van der Waals surface area contributed by atoms with Gasteiger partial charge >= 0.3 is 6.09 Å². The van der Waals surface area contributed by atoms with Gasteiger partial charge in [0, 0.05) is 30.5 Å². The number of hydrogen-bond donors (Lipinski definition) is 2. The normalized spacial score (nSPS) is 20.9. The van der Waals surface area contributed by atoms with Gasteiger partial charge in [0.05, 0.1) is 6.20 Å². The van der Waals surface area contributed by atoms with E-state index in [4.69, 9.17) is 10.5 Å². The van der Waals surface area contributed by atoms with Crippen molar-refractivity contribution in [1.82, 2.24) is 9.78 Å². The average Bonchev–Trinajstić information content (AvgIpc) is 2.96. The number of primary amides is 1. The fourth-order valence-electron chi connectivity index (χ4n) is 3.05. The summed E-state index contributed by atoms with van der Waals surface area (Å²) in [7, 11) is 1.91. The minimum atomic E-state index is -0.674. The number of anilines is 1. The Labute approximate surface area is 135 Å². The Morgan fingerprint density at radius 3 is 2.48 bits per heavy atom. The van der Waals surface area contributed by atoms with Crippen molar-refractivity contribution >= 4 is 11.8 Å². The first-order valence-corrected chi connectivity index (χ1v) is 7.92. The molecule has 3 N–H and O–H groups in total. The molecule has 0 aliphatic heterocycles. The topological polar surface area (TPSA) is 82.2 Å². The Kier molecular flexibility index (Phi) is 4.50. The first kappa shape index (κ1) is 15.4. The largest absolute Gasteiger partial charge is 0.446 e. The van der Waals surface area contributed by atoms with E-state index < -0.39 is 6.09 Å². The maximum atomic E-state index is 10.8. The molecule has 0 radical (unpaired) electrons. The Bertz CT molecular complexity index is 657. The molecule has 1 aromatic heterocycles. The van der Waals surface area contributed by atoms with Crippen molar-refractivity contribution in [2.75, 3.05) is 5.32 Å². The zero-order valence-corrected chi connectivity index (χ0v) is 13.2. The molecule has 1 heterocycles. The minimum Gasteiger partial charge on any atom is -0.446 e. The molecule has 23 heavy (non-hydrogen) atoms. The Hall–Kier alpha value is -2.50. The number of aryl methyl sites for hydroxylation is 1. The van der Waals surface area contributed by atoms with Gasteiger partial charge in [0.25, 0.3) is 0 Å². The molecule has 6 nitrogen and oxygen atoms in total. The van der Waals surface area contributed by atoms with E-state index in [0.29, 0.717) is 6.04 Å². The van der Waals surface area contributed by atoms with Crippen molar-refractivity contribution in [3.05, 3.63) is 36.7 Å². The summed E-state index contributed by atoms with van der Waals surface area (Å²) >= 11 is 0. The van der Waals surface area contributed by atoms with E-state index in [1.807, 2.05) is 19.4 Å². The summed E-state index contributed by atoms with van der Waals surface area (Å²) in [5.41, 5.74) is 8.44. The summed E-state index contributed by atoms with van der Waals surface area (Å²) in [5, 5.41) is 7.74. The summed E-state index contributed by atoms with van der Waals surface area (Å²) in [4.78, 5) is 10.8. The molecule has 0 spiro atoms. The van der Waals surface area contributed by atoms with Crippen molar-refractivity contribution in [3.8, 4) is 11.1 Å². The van der Waals surface area contributed by atoms with Crippen molar-refractivity contribution in [3.63, 3.8) is 0 Å². The number of ether oxygens (including phenoxy) is 1. The first-order valence-electron chi connectivity index (χ1n) is 7.92. The number of nitrogens with zero attached hydrogens (tertiary/aromatic N) is 2. The fraction of sp³-hybridized carbons (Fsp3) is 0.412. The van der Waals surface area contributed by atoms with Crippen LogP contribution in [-0.2, 0) is 11.8 Å². The maximum absolute atomic E-state index is 10.8. The lowest BCUT2D eigenvalue weighted by atomic mass is 9.92. The quantitative estimate of drug-likeness (QED) is 0.909. The molecule has 1 aliphatic carbocycles. The second-order valence-electron chi connectivity index (χ2n) is 6.03. The predicted octanol–water partition coefficient (Wildman–Crippen LogP) is 2.91. The Morgan fingerprint density at radius 1 is 1.22 bits per heavy atom. The number of aromatic nitrogens is 2. The molecule has 1 aliphatic rings. The van der Waals surface area contributed by atoms with Gasteiger partial charge in [0.1, 0.15) is 6.10 Å². The smallest absolute Gasteiger partial charge is 0.404 e. The molecule has 0 unspecified atom stereocenters. The summed E-state index contributed by atoms with van der Waals surface area (Å²) in [6.45, 7) is 0. The van der Waals surface area contributed by atoms with Gasteiger partial charge < -0.3 is 15.8 Å². The highest BCUT2D eigenvalue weighted by Gasteiger charge is 2.23. The Morgan fingerprint density at radius 2 is 1.91 bits per heavy atom. The lowest BCUT2D eigenvalue weighted by Gasteiger charge is -2.29. The van der Waals surface area contributed by atoms with Gasteiger partial charge in [0.15, 0.2) is 0 Å². The van der Waals surface area contributed by atoms with Gasteiger partial charge in [-0.25, -0.2) is 4.79 Å². The monoisotopic (exact) mass is 314 g/mol. The number of nitrogens with one attached hydrogen (secondary N) is 1. The van der Waals surface area contributed by atoms with Crippen LogP contribution < -0.4 is 11.1 Å². The minimum absolute atomic E-state index is 0.0292.